The van der Waals surface area contributed by atoms with Crippen molar-refractivity contribution in [2.75, 3.05) is 13.1 Å². The van der Waals surface area contributed by atoms with Crippen LogP contribution < -0.4 is 0 Å². The molecule has 0 spiro atoms. The van der Waals surface area contributed by atoms with Crippen LogP contribution >= 0.6 is 0 Å². The van der Waals surface area contributed by atoms with Gasteiger partial charge in [-0.3, -0.25) is 4.90 Å². The van der Waals surface area contributed by atoms with Crippen LogP contribution in [0.25, 0.3) is 11.4 Å². The molecule has 0 saturated carbocycles. The molecule has 0 aliphatic carbocycles. The van der Waals surface area contributed by atoms with E-state index in [2.05, 4.69) is 44.6 Å². The first-order chi connectivity index (χ1) is 12.9. The van der Waals surface area contributed by atoms with Gasteiger partial charge in [-0.05, 0) is 42.1 Å². The molecule has 0 amide bonds. The average Bonchev–Trinajstić information content (AvgIpc) is 3.17. The van der Waals surface area contributed by atoms with Gasteiger partial charge in [0, 0.05) is 18.7 Å². The summed E-state index contributed by atoms with van der Waals surface area (Å²) < 4.78 is 0. The third kappa shape index (κ3) is 4.17. The van der Waals surface area contributed by atoms with E-state index in [1.54, 1.807) is 4.80 Å². The second-order valence-corrected chi connectivity index (χ2v) is 6.93. The topological polar surface area (TPSA) is 46.8 Å². The third-order valence-corrected chi connectivity index (χ3v) is 5.03. The molecule has 5 heteroatoms. The number of hydrogen-bond acceptors (Lipinski definition) is 4. The predicted molar refractivity (Wildman–Crippen MR) is 103 cm³/mol. The molecule has 1 aliphatic heterocycles. The SMILES string of the molecule is c1ccc(-c2nnn(CCCCCN3CCc4ccccc4C3)n2)cc1. The van der Waals surface area contributed by atoms with Gasteiger partial charge in [-0.1, -0.05) is 61.0 Å². The molecular formula is C21H25N5. The van der Waals surface area contributed by atoms with Crippen molar-refractivity contribution in [3.05, 3.63) is 65.7 Å². The Kier molecular flexibility index (Phi) is 5.36. The second kappa shape index (κ2) is 8.23. The van der Waals surface area contributed by atoms with Gasteiger partial charge in [0.2, 0.25) is 5.82 Å². The van der Waals surface area contributed by atoms with Crippen molar-refractivity contribution in [1.29, 1.82) is 0 Å². The van der Waals surface area contributed by atoms with Crippen LogP contribution in [0.1, 0.15) is 30.4 Å². The number of tetrazole rings is 1. The second-order valence-electron chi connectivity index (χ2n) is 6.93. The molecule has 0 radical (unpaired) electrons. The molecule has 0 fully saturated rings. The molecule has 2 heterocycles. The van der Waals surface area contributed by atoms with E-state index in [9.17, 15) is 0 Å². The van der Waals surface area contributed by atoms with Crippen molar-refractivity contribution in [2.24, 2.45) is 0 Å². The Bertz CT molecular complexity index is 827. The van der Waals surface area contributed by atoms with Gasteiger partial charge in [0.15, 0.2) is 0 Å². The highest BCUT2D eigenvalue weighted by molar-refractivity contribution is 5.52. The molecule has 26 heavy (non-hydrogen) atoms. The number of aromatic nitrogens is 4. The van der Waals surface area contributed by atoms with Crippen LogP contribution in [0.2, 0.25) is 0 Å². The lowest BCUT2D eigenvalue weighted by Gasteiger charge is -2.28. The van der Waals surface area contributed by atoms with Gasteiger partial charge in [0.05, 0.1) is 6.54 Å². The van der Waals surface area contributed by atoms with E-state index in [-0.39, 0.29) is 0 Å². The van der Waals surface area contributed by atoms with Crippen molar-refractivity contribution >= 4 is 0 Å². The molecule has 3 aromatic rings. The minimum absolute atomic E-state index is 0.706. The molecule has 5 nitrogen and oxygen atoms in total. The maximum absolute atomic E-state index is 4.48. The first kappa shape index (κ1) is 16.9. The number of benzene rings is 2. The zero-order valence-electron chi connectivity index (χ0n) is 15.1. The summed E-state index contributed by atoms with van der Waals surface area (Å²) in [5.74, 6) is 0.706. The molecule has 2 aromatic carbocycles. The fourth-order valence-corrected chi connectivity index (χ4v) is 3.55. The molecule has 134 valence electrons. The zero-order chi connectivity index (χ0) is 17.6. The number of unbranched alkanes of at least 4 members (excludes halogenated alkanes) is 2. The van der Waals surface area contributed by atoms with Crippen LogP contribution in [-0.4, -0.2) is 38.2 Å². The van der Waals surface area contributed by atoms with Crippen LogP contribution in [0.3, 0.4) is 0 Å². The van der Waals surface area contributed by atoms with Gasteiger partial charge in [-0.15, -0.1) is 10.2 Å². The highest BCUT2D eigenvalue weighted by Crippen LogP contribution is 2.19. The lowest BCUT2D eigenvalue weighted by atomic mass is 10.00. The fourth-order valence-electron chi connectivity index (χ4n) is 3.55. The van der Waals surface area contributed by atoms with Crippen molar-refractivity contribution in [2.45, 2.75) is 38.8 Å². The fraction of sp³-hybridized carbons (Fsp3) is 0.381. The molecule has 0 N–H and O–H groups in total. The van der Waals surface area contributed by atoms with Gasteiger partial charge >= 0.3 is 0 Å². The smallest absolute Gasteiger partial charge is 0.204 e. The summed E-state index contributed by atoms with van der Waals surface area (Å²) in [6.07, 6.45) is 4.69. The van der Waals surface area contributed by atoms with Gasteiger partial charge < -0.3 is 0 Å². The maximum atomic E-state index is 4.48. The molecule has 4 rings (SSSR count). The predicted octanol–water partition coefficient (Wildman–Crippen LogP) is 3.57. The third-order valence-electron chi connectivity index (χ3n) is 5.03. The summed E-state index contributed by atoms with van der Waals surface area (Å²) in [6, 6.07) is 18.8. The minimum atomic E-state index is 0.706. The molecule has 0 saturated heterocycles. The summed E-state index contributed by atoms with van der Waals surface area (Å²) in [4.78, 5) is 4.29. The number of fused-ring (bicyclic) bond motifs is 1. The minimum Gasteiger partial charge on any atom is -0.299 e. The Balaban J connectivity index is 1.18. The van der Waals surface area contributed by atoms with Crippen molar-refractivity contribution in [3.63, 3.8) is 0 Å². The summed E-state index contributed by atoms with van der Waals surface area (Å²) >= 11 is 0. The largest absolute Gasteiger partial charge is 0.299 e. The van der Waals surface area contributed by atoms with E-state index < -0.39 is 0 Å². The van der Waals surface area contributed by atoms with Crippen LogP contribution in [-0.2, 0) is 19.5 Å². The van der Waals surface area contributed by atoms with Crippen LogP contribution in [0.15, 0.2) is 54.6 Å². The number of aryl methyl sites for hydroxylation is 1. The quantitative estimate of drug-likeness (QED) is 0.613. The van der Waals surface area contributed by atoms with E-state index >= 15 is 0 Å². The van der Waals surface area contributed by atoms with Crippen molar-refractivity contribution in [1.82, 2.24) is 25.1 Å². The monoisotopic (exact) mass is 347 g/mol. The zero-order valence-corrected chi connectivity index (χ0v) is 15.1. The maximum Gasteiger partial charge on any atom is 0.204 e. The molecule has 1 aliphatic rings. The summed E-state index contributed by atoms with van der Waals surface area (Å²) in [7, 11) is 0. The normalized spacial score (nSPS) is 14.3. The molecule has 0 bridgehead atoms. The van der Waals surface area contributed by atoms with Crippen molar-refractivity contribution in [3.8, 4) is 11.4 Å². The van der Waals surface area contributed by atoms with Crippen molar-refractivity contribution < 1.29 is 0 Å². The van der Waals surface area contributed by atoms with Crippen LogP contribution in [0.5, 0.6) is 0 Å². The van der Waals surface area contributed by atoms with E-state index in [0.29, 0.717) is 5.82 Å². The van der Waals surface area contributed by atoms with E-state index in [0.717, 1.165) is 25.1 Å². The Hall–Kier alpha value is -2.53. The molecule has 0 unspecified atom stereocenters. The number of hydrogen-bond donors (Lipinski definition) is 0. The summed E-state index contributed by atoms with van der Waals surface area (Å²) in [6.45, 7) is 4.29. The van der Waals surface area contributed by atoms with E-state index in [1.165, 1.54) is 43.5 Å². The van der Waals surface area contributed by atoms with Crippen LogP contribution in [0, 0.1) is 0 Å². The van der Waals surface area contributed by atoms with Gasteiger partial charge in [0.25, 0.3) is 0 Å². The number of nitrogens with zero attached hydrogens (tertiary/aromatic N) is 5. The van der Waals surface area contributed by atoms with Crippen LogP contribution in [0.4, 0.5) is 0 Å². The van der Waals surface area contributed by atoms with E-state index in [4.69, 9.17) is 0 Å². The highest BCUT2D eigenvalue weighted by Gasteiger charge is 2.14. The first-order valence-electron chi connectivity index (χ1n) is 9.51. The molecular weight excluding hydrogens is 322 g/mol. The standard InChI is InChI=1S/C21H25N5/c1-3-10-19(11-4-1)21-22-24-26(23-21)15-8-2-7-14-25-16-13-18-9-5-6-12-20(18)17-25/h1,3-6,9-12H,2,7-8,13-17H2. The van der Waals surface area contributed by atoms with E-state index in [1.807, 2.05) is 30.3 Å². The number of rotatable bonds is 7. The molecule has 0 atom stereocenters. The average molecular weight is 347 g/mol. The molecule has 1 aromatic heterocycles. The van der Waals surface area contributed by atoms with Gasteiger partial charge in [0.1, 0.15) is 0 Å². The Labute approximate surface area is 154 Å². The Morgan fingerprint density at radius 3 is 2.46 bits per heavy atom. The first-order valence-corrected chi connectivity index (χ1v) is 9.51. The highest BCUT2D eigenvalue weighted by atomic mass is 15.6. The summed E-state index contributed by atoms with van der Waals surface area (Å²) in [5, 5.41) is 12.8. The van der Waals surface area contributed by atoms with Gasteiger partial charge in [-0.25, -0.2) is 0 Å². The Morgan fingerprint density at radius 2 is 1.58 bits per heavy atom. The summed E-state index contributed by atoms with van der Waals surface area (Å²) in [5.41, 5.74) is 4.04. The Morgan fingerprint density at radius 1 is 0.808 bits per heavy atom. The lowest BCUT2D eigenvalue weighted by molar-refractivity contribution is 0.247. The van der Waals surface area contributed by atoms with Gasteiger partial charge in [-0.2, -0.15) is 4.80 Å². The lowest BCUT2D eigenvalue weighted by Crippen LogP contribution is -2.31.